The minimum atomic E-state index is -0.559. The zero-order valence-corrected chi connectivity index (χ0v) is 14.6. The Hall–Kier alpha value is -3.33. The van der Waals surface area contributed by atoms with Gasteiger partial charge in [0.1, 0.15) is 5.69 Å². The Balaban J connectivity index is 1.98. The van der Waals surface area contributed by atoms with Crippen LogP contribution in [0.5, 0.6) is 0 Å². The molecule has 27 heavy (non-hydrogen) atoms. The molecule has 0 saturated carbocycles. The average molecular weight is 371 g/mol. The molecule has 140 valence electrons. The quantitative estimate of drug-likeness (QED) is 0.451. The van der Waals surface area contributed by atoms with Crippen LogP contribution in [0.15, 0.2) is 36.4 Å². The van der Waals surface area contributed by atoms with E-state index in [2.05, 4.69) is 0 Å². The third kappa shape index (κ3) is 3.77. The summed E-state index contributed by atoms with van der Waals surface area (Å²) in [6, 6.07) is 8.43. The second-order valence-electron chi connectivity index (χ2n) is 6.15. The highest BCUT2D eigenvalue weighted by Gasteiger charge is 2.24. The molecule has 0 unspecified atom stereocenters. The highest BCUT2D eigenvalue weighted by Crippen LogP contribution is 2.31. The van der Waals surface area contributed by atoms with E-state index in [1.807, 2.05) is 4.90 Å². The lowest BCUT2D eigenvalue weighted by Crippen LogP contribution is -2.36. The van der Waals surface area contributed by atoms with Crippen LogP contribution in [0.2, 0.25) is 0 Å². The van der Waals surface area contributed by atoms with Crippen LogP contribution in [0.25, 0.3) is 0 Å². The number of hydrogen-bond acceptors (Lipinski definition) is 7. The summed E-state index contributed by atoms with van der Waals surface area (Å²) in [6.07, 6.45) is 0. The number of carbonyl (C=O) groups is 1. The van der Waals surface area contributed by atoms with Crippen LogP contribution < -0.4 is 4.90 Å². The average Bonchev–Trinajstić information content (AvgIpc) is 2.67. The Bertz CT molecular complexity index is 921. The van der Waals surface area contributed by atoms with Crippen molar-refractivity contribution in [1.29, 1.82) is 0 Å². The van der Waals surface area contributed by atoms with E-state index in [0.29, 0.717) is 37.6 Å². The van der Waals surface area contributed by atoms with Gasteiger partial charge in [0.05, 0.1) is 23.1 Å². The molecule has 9 nitrogen and oxygen atoms in total. The minimum Gasteiger partial charge on any atom is -0.378 e. The number of carbonyl (C=O) groups excluding carboxylic acids is 1. The summed E-state index contributed by atoms with van der Waals surface area (Å²) < 4.78 is 5.26. The largest absolute Gasteiger partial charge is 0.378 e. The zero-order valence-electron chi connectivity index (χ0n) is 14.6. The van der Waals surface area contributed by atoms with Crippen LogP contribution in [-0.4, -0.2) is 41.9 Å². The molecule has 0 aromatic heterocycles. The van der Waals surface area contributed by atoms with Crippen molar-refractivity contribution in [3.8, 4) is 0 Å². The smallest absolute Gasteiger partial charge is 0.293 e. The van der Waals surface area contributed by atoms with Gasteiger partial charge in [0.2, 0.25) is 0 Å². The van der Waals surface area contributed by atoms with Gasteiger partial charge in [-0.15, -0.1) is 0 Å². The molecule has 1 saturated heterocycles. The standard InChI is InChI=1S/C18H17N3O6/c1-12-2-3-13(10-16(12)20(23)24)18(22)14-4-5-15(17(11-14)21(25)26)19-6-8-27-9-7-19/h2-5,10-11H,6-9H2,1H3. The first-order chi connectivity index (χ1) is 12.9. The number of nitrogens with zero attached hydrogens (tertiary/aromatic N) is 3. The second kappa shape index (κ2) is 7.50. The minimum absolute atomic E-state index is 0.108. The summed E-state index contributed by atoms with van der Waals surface area (Å²) in [7, 11) is 0. The molecule has 1 heterocycles. The Morgan fingerprint density at radius 1 is 0.963 bits per heavy atom. The highest BCUT2D eigenvalue weighted by molar-refractivity contribution is 6.10. The van der Waals surface area contributed by atoms with E-state index in [4.69, 9.17) is 4.74 Å². The molecule has 0 N–H and O–H groups in total. The summed E-state index contributed by atoms with van der Waals surface area (Å²) in [4.78, 5) is 36.1. The number of ether oxygens (including phenoxy) is 1. The van der Waals surface area contributed by atoms with Gasteiger partial charge in [0.15, 0.2) is 5.78 Å². The summed E-state index contributed by atoms with van der Waals surface area (Å²) in [5, 5.41) is 22.6. The van der Waals surface area contributed by atoms with Crippen LogP contribution >= 0.6 is 0 Å². The van der Waals surface area contributed by atoms with Gasteiger partial charge in [-0.05, 0) is 19.1 Å². The van der Waals surface area contributed by atoms with E-state index in [9.17, 15) is 25.0 Å². The van der Waals surface area contributed by atoms with Gasteiger partial charge < -0.3 is 9.64 Å². The van der Waals surface area contributed by atoms with E-state index >= 15 is 0 Å². The van der Waals surface area contributed by atoms with Crippen molar-refractivity contribution in [3.05, 3.63) is 73.3 Å². The first-order valence-corrected chi connectivity index (χ1v) is 8.29. The predicted molar refractivity (Wildman–Crippen MR) is 97.4 cm³/mol. The highest BCUT2D eigenvalue weighted by atomic mass is 16.6. The molecule has 0 bridgehead atoms. The molecule has 2 aromatic carbocycles. The van der Waals surface area contributed by atoms with Crippen molar-refractivity contribution in [3.63, 3.8) is 0 Å². The van der Waals surface area contributed by atoms with Crippen LogP contribution in [-0.2, 0) is 4.74 Å². The van der Waals surface area contributed by atoms with Crippen LogP contribution in [0.1, 0.15) is 21.5 Å². The van der Waals surface area contributed by atoms with Gasteiger partial charge >= 0.3 is 0 Å². The Labute approximate surface area is 154 Å². The Morgan fingerprint density at radius 2 is 1.52 bits per heavy atom. The van der Waals surface area contributed by atoms with Crippen molar-refractivity contribution in [2.75, 3.05) is 31.2 Å². The summed E-state index contributed by atoms with van der Waals surface area (Å²) in [5.41, 5.74) is 0.738. The molecule has 1 fully saturated rings. The molecule has 0 radical (unpaired) electrons. The number of rotatable bonds is 5. The van der Waals surface area contributed by atoms with Crippen molar-refractivity contribution < 1.29 is 19.4 Å². The molecular formula is C18H17N3O6. The van der Waals surface area contributed by atoms with Crippen molar-refractivity contribution >= 4 is 22.8 Å². The van der Waals surface area contributed by atoms with Crippen LogP contribution in [0.4, 0.5) is 17.1 Å². The van der Waals surface area contributed by atoms with Gasteiger partial charge in [-0.1, -0.05) is 12.1 Å². The zero-order chi connectivity index (χ0) is 19.6. The van der Waals surface area contributed by atoms with Gasteiger partial charge in [-0.25, -0.2) is 0 Å². The lowest BCUT2D eigenvalue weighted by molar-refractivity contribution is -0.385. The van der Waals surface area contributed by atoms with Gasteiger partial charge in [0, 0.05) is 41.9 Å². The topological polar surface area (TPSA) is 116 Å². The van der Waals surface area contributed by atoms with E-state index in [0.717, 1.165) is 0 Å². The SMILES string of the molecule is Cc1ccc(C(=O)c2ccc(N3CCOCC3)c([N+](=O)[O-])c2)cc1[N+](=O)[O-]. The molecule has 3 rings (SSSR count). The molecule has 0 spiro atoms. The normalized spacial score (nSPS) is 14.0. The van der Waals surface area contributed by atoms with Gasteiger partial charge in [0.25, 0.3) is 11.4 Å². The number of benzene rings is 2. The maximum atomic E-state index is 12.7. The van der Waals surface area contributed by atoms with Crippen molar-refractivity contribution in [2.45, 2.75) is 6.92 Å². The van der Waals surface area contributed by atoms with E-state index in [-0.39, 0.29) is 22.5 Å². The molecule has 9 heteroatoms. The lowest BCUT2D eigenvalue weighted by Gasteiger charge is -2.28. The maximum Gasteiger partial charge on any atom is 0.293 e. The molecule has 0 aliphatic carbocycles. The Kier molecular flexibility index (Phi) is 5.13. The summed E-state index contributed by atoms with van der Waals surface area (Å²) in [5.74, 6) is -0.505. The maximum absolute atomic E-state index is 12.7. The van der Waals surface area contributed by atoms with E-state index in [1.165, 1.54) is 30.3 Å². The molecule has 0 amide bonds. The first kappa shape index (κ1) is 18.5. The number of ketones is 1. The Morgan fingerprint density at radius 3 is 2.11 bits per heavy atom. The monoisotopic (exact) mass is 371 g/mol. The number of nitro groups is 2. The van der Waals surface area contributed by atoms with Gasteiger partial charge in [-0.3, -0.25) is 25.0 Å². The third-order valence-corrected chi connectivity index (χ3v) is 4.45. The number of aryl methyl sites for hydroxylation is 1. The number of hydrogen-bond donors (Lipinski definition) is 0. The van der Waals surface area contributed by atoms with Crippen molar-refractivity contribution in [1.82, 2.24) is 0 Å². The molecular weight excluding hydrogens is 354 g/mol. The first-order valence-electron chi connectivity index (χ1n) is 8.29. The molecule has 2 aromatic rings. The fraction of sp³-hybridized carbons (Fsp3) is 0.278. The molecule has 1 aliphatic rings. The van der Waals surface area contributed by atoms with Gasteiger partial charge in [-0.2, -0.15) is 0 Å². The number of morpholine rings is 1. The number of nitro benzene ring substituents is 2. The lowest BCUT2D eigenvalue weighted by atomic mass is 10.00. The fourth-order valence-electron chi connectivity index (χ4n) is 3.00. The molecule has 0 atom stereocenters. The summed E-state index contributed by atoms with van der Waals surface area (Å²) >= 11 is 0. The van der Waals surface area contributed by atoms with E-state index in [1.54, 1.807) is 13.0 Å². The van der Waals surface area contributed by atoms with E-state index < -0.39 is 15.6 Å². The third-order valence-electron chi connectivity index (χ3n) is 4.45. The number of anilines is 1. The van der Waals surface area contributed by atoms with Crippen LogP contribution in [0, 0.1) is 27.2 Å². The second-order valence-corrected chi connectivity index (χ2v) is 6.15. The van der Waals surface area contributed by atoms with Crippen molar-refractivity contribution in [2.24, 2.45) is 0 Å². The fourth-order valence-corrected chi connectivity index (χ4v) is 3.00. The summed E-state index contributed by atoms with van der Waals surface area (Å²) in [6.45, 7) is 3.58. The van der Waals surface area contributed by atoms with Crippen LogP contribution in [0.3, 0.4) is 0 Å². The molecule has 1 aliphatic heterocycles. The predicted octanol–water partition coefficient (Wildman–Crippen LogP) is 2.88.